The van der Waals surface area contributed by atoms with Gasteiger partial charge in [0.25, 0.3) is 5.91 Å². The van der Waals surface area contributed by atoms with Crippen molar-refractivity contribution >= 4 is 23.2 Å². The maximum Gasteiger partial charge on any atom is 0.326 e. The number of carboxylic acids is 1. The summed E-state index contributed by atoms with van der Waals surface area (Å²) in [6.07, 6.45) is 0.778. The maximum atomic E-state index is 12.0. The van der Waals surface area contributed by atoms with Crippen LogP contribution in [0.5, 0.6) is 0 Å². The third kappa shape index (κ3) is 2.41. The molecule has 0 aromatic carbocycles. The Morgan fingerprint density at radius 1 is 1.56 bits per heavy atom. The van der Waals surface area contributed by atoms with Gasteiger partial charge in [0.1, 0.15) is 6.04 Å². The highest BCUT2D eigenvalue weighted by Crippen LogP contribution is 2.19. The molecule has 0 aliphatic heterocycles. The van der Waals surface area contributed by atoms with Crippen LogP contribution in [-0.4, -0.2) is 35.0 Å². The molecule has 5 heteroatoms. The molecule has 0 bridgehead atoms. The molecule has 1 heterocycles. The van der Waals surface area contributed by atoms with Crippen molar-refractivity contribution in [3.8, 4) is 0 Å². The van der Waals surface area contributed by atoms with Crippen molar-refractivity contribution in [3.63, 3.8) is 0 Å². The van der Waals surface area contributed by atoms with Crippen molar-refractivity contribution in [3.05, 3.63) is 21.9 Å². The molecule has 0 aliphatic carbocycles. The molecule has 16 heavy (non-hydrogen) atoms. The van der Waals surface area contributed by atoms with E-state index in [1.54, 1.807) is 0 Å². The SMILES string of the molecule is CCc1ccsc1C(=O)N(C)C(C)C(=O)O. The average Bonchev–Trinajstić information content (AvgIpc) is 2.73. The fraction of sp³-hybridized carbons (Fsp3) is 0.455. The Balaban J connectivity index is 2.90. The predicted molar refractivity (Wildman–Crippen MR) is 62.9 cm³/mol. The molecule has 1 unspecified atom stereocenters. The van der Waals surface area contributed by atoms with Gasteiger partial charge in [0.15, 0.2) is 0 Å². The van der Waals surface area contributed by atoms with Gasteiger partial charge < -0.3 is 10.0 Å². The third-order valence-electron chi connectivity index (χ3n) is 2.58. The van der Waals surface area contributed by atoms with Crippen molar-refractivity contribution in [2.45, 2.75) is 26.3 Å². The minimum absolute atomic E-state index is 0.221. The number of likely N-dealkylation sites (N-methyl/N-ethyl adjacent to an activating group) is 1. The summed E-state index contributed by atoms with van der Waals surface area (Å²) >= 11 is 1.36. The van der Waals surface area contributed by atoms with Gasteiger partial charge in [-0.25, -0.2) is 4.79 Å². The largest absolute Gasteiger partial charge is 0.480 e. The van der Waals surface area contributed by atoms with Crippen LogP contribution in [0.4, 0.5) is 0 Å². The molecule has 1 aromatic heterocycles. The first-order valence-electron chi connectivity index (χ1n) is 5.05. The summed E-state index contributed by atoms with van der Waals surface area (Å²) in [4.78, 5) is 24.7. The van der Waals surface area contributed by atoms with E-state index in [4.69, 9.17) is 5.11 Å². The molecule has 4 nitrogen and oxygen atoms in total. The molecule has 0 fully saturated rings. The molecule has 0 radical (unpaired) electrons. The zero-order valence-electron chi connectivity index (χ0n) is 9.56. The van der Waals surface area contributed by atoms with Gasteiger partial charge >= 0.3 is 5.97 Å². The Morgan fingerprint density at radius 3 is 2.69 bits per heavy atom. The quantitative estimate of drug-likeness (QED) is 0.875. The van der Waals surface area contributed by atoms with Crippen molar-refractivity contribution < 1.29 is 14.7 Å². The van der Waals surface area contributed by atoms with Gasteiger partial charge in [-0.15, -0.1) is 11.3 Å². The number of hydrogen-bond donors (Lipinski definition) is 1. The lowest BCUT2D eigenvalue weighted by atomic mass is 10.2. The zero-order chi connectivity index (χ0) is 12.3. The van der Waals surface area contributed by atoms with Crippen LogP contribution in [0.15, 0.2) is 11.4 Å². The number of amides is 1. The Bertz CT molecular complexity index is 400. The molecule has 88 valence electrons. The lowest BCUT2D eigenvalue weighted by Gasteiger charge is -2.21. The highest BCUT2D eigenvalue weighted by molar-refractivity contribution is 7.12. The first-order valence-corrected chi connectivity index (χ1v) is 5.93. The Hall–Kier alpha value is -1.36. The van der Waals surface area contributed by atoms with Crippen LogP contribution >= 0.6 is 11.3 Å². The number of hydrogen-bond acceptors (Lipinski definition) is 3. The lowest BCUT2D eigenvalue weighted by molar-refractivity contribution is -0.141. The minimum atomic E-state index is -0.995. The molecule has 0 spiro atoms. The van der Waals surface area contributed by atoms with E-state index in [1.165, 1.54) is 30.2 Å². The van der Waals surface area contributed by atoms with E-state index in [-0.39, 0.29) is 5.91 Å². The second-order valence-corrected chi connectivity index (χ2v) is 4.47. The summed E-state index contributed by atoms with van der Waals surface area (Å²) in [6.45, 7) is 3.47. The lowest BCUT2D eigenvalue weighted by Crippen LogP contribution is -2.40. The molecular formula is C11H15NO3S. The monoisotopic (exact) mass is 241 g/mol. The number of carboxylic acid groups (broad SMARTS) is 1. The first kappa shape index (κ1) is 12.7. The number of aryl methyl sites for hydroxylation is 1. The minimum Gasteiger partial charge on any atom is -0.480 e. The maximum absolute atomic E-state index is 12.0. The van der Waals surface area contributed by atoms with E-state index < -0.39 is 12.0 Å². The van der Waals surface area contributed by atoms with Gasteiger partial charge in [-0.3, -0.25) is 4.79 Å². The number of nitrogens with zero attached hydrogens (tertiary/aromatic N) is 1. The van der Waals surface area contributed by atoms with E-state index >= 15 is 0 Å². The van der Waals surface area contributed by atoms with Crippen LogP contribution in [0, 0.1) is 0 Å². The van der Waals surface area contributed by atoms with Crippen molar-refractivity contribution in [1.29, 1.82) is 0 Å². The molecule has 0 saturated heterocycles. The first-order chi connectivity index (χ1) is 7.49. The van der Waals surface area contributed by atoms with Gasteiger partial charge in [-0.1, -0.05) is 6.92 Å². The summed E-state index contributed by atoms with van der Waals surface area (Å²) in [5, 5.41) is 10.7. The van der Waals surface area contributed by atoms with Gasteiger partial charge in [0, 0.05) is 7.05 Å². The Morgan fingerprint density at radius 2 is 2.19 bits per heavy atom. The Labute approximate surface area is 98.5 Å². The van der Waals surface area contributed by atoms with Crippen LogP contribution in [0.3, 0.4) is 0 Å². The van der Waals surface area contributed by atoms with Gasteiger partial charge in [0.2, 0.25) is 0 Å². The van der Waals surface area contributed by atoms with Crippen LogP contribution in [0.1, 0.15) is 29.1 Å². The highest BCUT2D eigenvalue weighted by Gasteiger charge is 2.24. The van der Waals surface area contributed by atoms with E-state index in [9.17, 15) is 9.59 Å². The average molecular weight is 241 g/mol. The Kier molecular flexibility index (Phi) is 4.06. The van der Waals surface area contributed by atoms with Gasteiger partial charge in [-0.2, -0.15) is 0 Å². The van der Waals surface area contributed by atoms with Gasteiger partial charge in [-0.05, 0) is 30.4 Å². The fourth-order valence-corrected chi connectivity index (χ4v) is 2.28. The molecule has 1 atom stereocenters. The van der Waals surface area contributed by atoms with E-state index in [1.807, 2.05) is 18.4 Å². The van der Waals surface area contributed by atoms with Crippen molar-refractivity contribution in [2.75, 3.05) is 7.05 Å². The normalized spacial score (nSPS) is 12.2. The second kappa shape index (κ2) is 5.12. The summed E-state index contributed by atoms with van der Waals surface area (Å²) in [5.41, 5.74) is 0.972. The van der Waals surface area contributed by atoms with Crippen LogP contribution in [0.25, 0.3) is 0 Å². The molecule has 0 saturated carbocycles. The standard InChI is InChI=1S/C11H15NO3S/c1-4-8-5-6-16-9(8)10(13)12(3)7(2)11(14)15/h5-7H,4H2,1-3H3,(H,14,15). The zero-order valence-corrected chi connectivity index (χ0v) is 10.4. The summed E-state index contributed by atoms with van der Waals surface area (Å²) in [6, 6.07) is 1.09. The summed E-state index contributed by atoms with van der Waals surface area (Å²) in [7, 11) is 1.51. The summed E-state index contributed by atoms with van der Waals surface area (Å²) < 4.78 is 0. The third-order valence-corrected chi connectivity index (χ3v) is 3.53. The predicted octanol–water partition coefficient (Wildman–Crippen LogP) is 1.86. The van der Waals surface area contributed by atoms with Gasteiger partial charge in [0.05, 0.1) is 4.88 Å². The molecular weight excluding hydrogens is 226 g/mol. The number of carbonyl (C=O) groups is 2. The van der Waals surface area contributed by atoms with Crippen molar-refractivity contribution in [1.82, 2.24) is 4.90 Å². The topological polar surface area (TPSA) is 57.6 Å². The second-order valence-electron chi connectivity index (χ2n) is 3.56. The number of rotatable bonds is 4. The van der Waals surface area contributed by atoms with Crippen LogP contribution < -0.4 is 0 Å². The van der Waals surface area contributed by atoms with Crippen molar-refractivity contribution in [2.24, 2.45) is 0 Å². The molecule has 1 N–H and O–H groups in total. The number of carbonyl (C=O) groups excluding carboxylic acids is 1. The molecule has 1 amide bonds. The molecule has 1 aromatic rings. The summed E-state index contributed by atoms with van der Waals surface area (Å²) in [5.74, 6) is -1.22. The van der Waals surface area contributed by atoms with E-state index in [2.05, 4.69) is 0 Å². The smallest absolute Gasteiger partial charge is 0.326 e. The highest BCUT2D eigenvalue weighted by atomic mass is 32.1. The fourth-order valence-electron chi connectivity index (χ4n) is 1.30. The molecule has 0 aliphatic rings. The van der Waals surface area contributed by atoms with E-state index in [0.717, 1.165) is 12.0 Å². The number of thiophene rings is 1. The number of aliphatic carboxylic acids is 1. The molecule has 1 rings (SSSR count). The van der Waals surface area contributed by atoms with Crippen LogP contribution in [0.2, 0.25) is 0 Å². The van der Waals surface area contributed by atoms with E-state index in [0.29, 0.717) is 4.88 Å². The van der Waals surface area contributed by atoms with Crippen LogP contribution in [-0.2, 0) is 11.2 Å².